The maximum atomic E-state index is 12.3. The Balaban J connectivity index is 1.96. The van der Waals surface area contributed by atoms with Crippen LogP contribution in [0.4, 0.5) is 0 Å². The van der Waals surface area contributed by atoms with Gasteiger partial charge in [0.05, 0.1) is 5.56 Å². The van der Waals surface area contributed by atoms with Crippen molar-refractivity contribution in [1.29, 1.82) is 0 Å². The Bertz CT molecular complexity index is 471. The maximum absolute atomic E-state index is 12.3. The van der Waals surface area contributed by atoms with Gasteiger partial charge in [0, 0.05) is 26.2 Å². The number of amides is 1. The van der Waals surface area contributed by atoms with E-state index in [1.165, 1.54) is 18.2 Å². The van der Waals surface area contributed by atoms with E-state index in [0.717, 1.165) is 26.1 Å². The van der Waals surface area contributed by atoms with E-state index < -0.39 is 0 Å². The number of hydrogen-bond donors (Lipinski definition) is 3. The lowest BCUT2D eigenvalue weighted by Gasteiger charge is -2.34. The molecule has 1 aliphatic rings. The van der Waals surface area contributed by atoms with Crippen molar-refractivity contribution >= 4 is 5.91 Å². The highest BCUT2D eigenvalue weighted by molar-refractivity contribution is 5.97. The number of carbonyl (C=O) groups excluding carboxylic acids is 1. The van der Waals surface area contributed by atoms with Gasteiger partial charge in [-0.15, -0.1) is 0 Å². The summed E-state index contributed by atoms with van der Waals surface area (Å²) in [4.78, 5) is 16.3. The molecule has 6 heteroatoms. The molecule has 1 aliphatic heterocycles. The molecule has 0 saturated carbocycles. The summed E-state index contributed by atoms with van der Waals surface area (Å²) in [5, 5.41) is 19.1. The summed E-state index contributed by atoms with van der Waals surface area (Å²) in [6.07, 6.45) is 0.960. The number of benzene rings is 1. The zero-order valence-electron chi connectivity index (χ0n) is 11.5. The van der Waals surface area contributed by atoms with Crippen molar-refractivity contribution < 1.29 is 15.0 Å². The lowest BCUT2D eigenvalue weighted by molar-refractivity contribution is 0.0633. The summed E-state index contributed by atoms with van der Waals surface area (Å²) in [7, 11) is 0. The van der Waals surface area contributed by atoms with Gasteiger partial charge in [-0.2, -0.15) is 0 Å². The largest absolute Gasteiger partial charge is 0.508 e. The monoisotopic (exact) mass is 279 g/mol. The third kappa shape index (κ3) is 3.40. The van der Waals surface area contributed by atoms with Crippen LogP contribution in [0.15, 0.2) is 18.2 Å². The number of nitrogens with zero attached hydrogens (tertiary/aromatic N) is 2. The standard InChI is InChI=1S/C14H21N3O3/c15-4-1-5-16-6-8-17(9-7-16)14(20)12-10-11(18)2-3-13(12)19/h2-3,10,18-19H,1,4-9,15H2. The molecule has 1 saturated heterocycles. The van der Waals surface area contributed by atoms with Crippen LogP contribution in [0.1, 0.15) is 16.8 Å². The Morgan fingerprint density at radius 3 is 2.55 bits per heavy atom. The summed E-state index contributed by atoms with van der Waals surface area (Å²) in [5.41, 5.74) is 5.64. The first-order valence-electron chi connectivity index (χ1n) is 6.85. The van der Waals surface area contributed by atoms with Gasteiger partial charge >= 0.3 is 0 Å². The fraction of sp³-hybridized carbons (Fsp3) is 0.500. The molecule has 0 unspecified atom stereocenters. The van der Waals surface area contributed by atoms with Crippen LogP contribution in [0.3, 0.4) is 0 Å². The van der Waals surface area contributed by atoms with Crippen LogP contribution in [0.5, 0.6) is 11.5 Å². The van der Waals surface area contributed by atoms with Crippen LogP contribution in [-0.4, -0.2) is 65.2 Å². The minimum absolute atomic E-state index is 0.0206. The lowest BCUT2D eigenvalue weighted by Crippen LogP contribution is -2.49. The van der Waals surface area contributed by atoms with E-state index >= 15 is 0 Å². The van der Waals surface area contributed by atoms with E-state index in [4.69, 9.17) is 5.73 Å². The molecule has 0 aromatic heterocycles. The van der Waals surface area contributed by atoms with Crippen molar-refractivity contribution in [1.82, 2.24) is 9.80 Å². The molecule has 4 N–H and O–H groups in total. The van der Waals surface area contributed by atoms with Gasteiger partial charge in [-0.1, -0.05) is 0 Å². The molecular weight excluding hydrogens is 258 g/mol. The van der Waals surface area contributed by atoms with E-state index in [0.29, 0.717) is 19.6 Å². The highest BCUT2D eigenvalue weighted by Gasteiger charge is 2.23. The van der Waals surface area contributed by atoms with Gasteiger partial charge in [0.1, 0.15) is 11.5 Å². The van der Waals surface area contributed by atoms with Crippen LogP contribution in [0, 0.1) is 0 Å². The Morgan fingerprint density at radius 2 is 1.90 bits per heavy atom. The summed E-state index contributed by atoms with van der Waals surface area (Å²) in [6, 6.07) is 4.00. The Labute approximate surface area is 118 Å². The number of hydrogen-bond acceptors (Lipinski definition) is 5. The van der Waals surface area contributed by atoms with Crippen molar-refractivity contribution in [3.63, 3.8) is 0 Å². The predicted molar refractivity (Wildman–Crippen MR) is 75.8 cm³/mol. The molecule has 0 radical (unpaired) electrons. The topological polar surface area (TPSA) is 90.0 Å². The Morgan fingerprint density at radius 1 is 1.20 bits per heavy atom. The first-order chi connectivity index (χ1) is 9.61. The van der Waals surface area contributed by atoms with Crippen molar-refractivity contribution in [3.05, 3.63) is 23.8 Å². The second-order valence-corrected chi connectivity index (χ2v) is 4.98. The number of aromatic hydroxyl groups is 2. The van der Waals surface area contributed by atoms with Crippen LogP contribution >= 0.6 is 0 Å². The van der Waals surface area contributed by atoms with Gasteiger partial charge in [-0.25, -0.2) is 0 Å². The maximum Gasteiger partial charge on any atom is 0.257 e. The highest BCUT2D eigenvalue weighted by Crippen LogP contribution is 2.23. The fourth-order valence-electron chi connectivity index (χ4n) is 2.36. The second-order valence-electron chi connectivity index (χ2n) is 4.98. The fourth-order valence-corrected chi connectivity index (χ4v) is 2.36. The first-order valence-corrected chi connectivity index (χ1v) is 6.85. The number of carbonyl (C=O) groups is 1. The molecule has 1 aromatic rings. The SMILES string of the molecule is NCCCN1CCN(C(=O)c2cc(O)ccc2O)CC1. The smallest absolute Gasteiger partial charge is 0.257 e. The van der Waals surface area contributed by atoms with Gasteiger partial charge in [-0.05, 0) is 37.7 Å². The molecule has 1 heterocycles. The number of phenols is 2. The van der Waals surface area contributed by atoms with Crippen molar-refractivity contribution in [2.45, 2.75) is 6.42 Å². The summed E-state index contributed by atoms with van der Waals surface area (Å²) in [5.74, 6) is -0.358. The van der Waals surface area contributed by atoms with Gasteiger partial charge in [0.25, 0.3) is 5.91 Å². The average molecular weight is 279 g/mol. The first kappa shape index (κ1) is 14.6. The molecule has 2 rings (SSSR count). The van der Waals surface area contributed by atoms with Crippen LogP contribution in [0.2, 0.25) is 0 Å². The van der Waals surface area contributed by atoms with E-state index in [2.05, 4.69) is 4.90 Å². The van der Waals surface area contributed by atoms with Crippen LogP contribution < -0.4 is 5.73 Å². The van der Waals surface area contributed by atoms with E-state index in [9.17, 15) is 15.0 Å². The normalized spacial score (nSPS) is 16.4. The quantitative estimate of drug-likeness (QED) is 0.685. The molecule has 6 nitrogen and oxygen atoms in total. The van der Waals surface area contributed by atoms with Gasteiger partial charge in [0.15, 0.2) is 0 Å². The summed E-state index contributed by atoms with van der Waals surface area (Å²) >= 11 is 0. The van der Waals surface area contributed by atoms with Crippen LogP contribution in [0.25, 0.3) is 0 Å². The van der Waals surface area contributed by atoms with Crippen molar-refractivity contribution in [3.8, 4) is 11.5 Å². The molecule has 0 spiro atoms. The average Bonchev–Trinajstić information content (AvgIpc) is 2.47. The Kier molecular flexibility index (Phi) is 4.81. The zero-order valence-corrected chi connectivity index (χ0v) is 11.5. The molecule has 0 bridgehead atoms. The van der Waals surface area contributed by atoms with Crippen molar-refractivity contribution in [2.24, 2.45) is 5.73 Å². The molecule has 110 valence electrons. The van der Waals surface area contributed by atoms with Crippen LogP contribution in [-0.2, 0) is 0 Å². The molecular formula is C14H21N3O3. The highest BCUT2D eigenvalue weighted by atomic mass is 16.3. The van der Waals surface area contributed by atoms with Gasteiger partial charge in [-0.3, -0.25) is 9.69 Å². The summed E-state index contributed by atoms with van der Waals surface area (Å²) < 4.78 is 0. The van der Waals surface area contributed by atoms with E-state index in [1.807, 2.05) is 0 Å². The third-order valence-corrected chi connectivity index (χ3v) is 3.55. The minimum Gasteiger partial charge on any atom is -0.508 e. The predicted octanol–water partition coefficient (Wildman–Crippen LogP) is 0.204. The van der Waals surface area contributed by atoms with E-state index in [1.54, 1.807) is 4.90 Å². The van der Waals surface area contributed by atoms with E-state index in [-0.39, 0.29) is 23.0 Å². The molecule has 0 aliphatic carbocycles. The van der Waals surface area contributed by atoms with Crippen molar-refractivity contribution in [2.75, 3.05) is 39.3 Å². The molecule has 1 fully saturated rings. The lowest BCUT2D eigenvalue weighted by atomic mass is 10.1. The number of piperazine rings is 1. The second kappa shape index (κ2) is 6.58. The number of phenolic OH excluding ortho intramolecular Hbond substituents is 2. The minimum atomic E-state index is -0.239. The molecule has 1 amide bonds. The molecule has 0 atom stereocenters. The number of rotatable bonds is 4. The zero-order chi connectivity index (χ0) is 14.5. The Hall–Kier alpha value is -1.79. The molecule has 20 heavy (non-hydrogen) atoms. The molecule has 1 aromatic carbocycles. The number of nitrogens with two attached hydrogens (primary N) is 1. The van der Waals surface area contributed by atoms with Gasteiger partial charge < -0.3 is 20.8 Å². The van der Waals surface area contributed by atoms with Gasteiger partial charge in [0.2, 0.25) is 0 Å². The summed E-state index contributed by atoms with van der Waals surface area (Å²) in [6.45, 7) is 4.50. The third-order valence-electron chi connectivity index (χ3n) is 3.55.